The number of carbonyl (C=O) groups is 2. The summed E-state index contributed by atoms with van der Waals surface area (Å²) in [6.45, 7) is 6.37. The van der Waals surface area contributed by atoms with E-state index in [2.05, 4.69) is 24.1 Å². The van der Waals surface area contributed by atoms with Crippen LogP contribution >= 0.6 is 12.4 Å². The molecule has 0 spiro atoms. The van der Waals surface area contributed by atoms with Crippen molar-refractivity contribution in [3.8, 4) is 0 Å². The highest BCUT2D eigenvalue weighted by atomic mass is 35.5. The van der Waals surface area contributed by atoms with Crippen LogP contribution < -0.4 is 5.32 Å². The molecular weight excluding hydrogens is 268 g/mol. The van der Waals surface area contributed by atoms with Crippen LogP contribution in [0.3, 0.4) is 0 Å². The van der Waals surface area contributed by atoms with Crippen molar-refractivity contribution in [2.24, 2.45) is 11.8 Å². The standard InChI is InChI=1S/C13H24N2O3.ClH/c1-10(2)6-11-4-3-5-15(8-11)9-12(16)14-7-13(17)18;/h10-11H,3-9H2,1-2H3,(H,14,16)(H,17,18);1H. The third-order valence-corrected chi connectivity index (χ3v) is 3.21. The van der Waals surface area contributed by atoms with Gasteiger partial charge in [0.1, 0.15) is 6.54 Å². The molecule has 0 radical (unpaired) electrons. The third kappa shape index (κ3) is 8.06. The molecule has 0 aromatic heterocycles. The lowest BCUT2D eigenvalue weighted by atomic mass is 9.90. The Morgan fingerprint density at radius 1 is 1.42 bits per heavy atom. The average Bonchev–Trinajstić information content (AvgIpc) is 2.26. The average molecular weight is 293 g/mol. The highest BCUT2D eigenvalue weighted by Gasteiger charge is 2.22. The molecule has 1 rings (SSSR count). The van der Waals surface area contributed by atoms with E-state index in [4.69, 9.17) is 5.11 Å². The van der Waals surface area contributed by atoms with Gasteiger partial charge < -0.3 is 10.4 Å². The van der Waals surface area contributed by atoms with Crippen molar-refractivity contribution in [1.82, 2.24) is 10.2 Å². The molecule has 1 saturated heterocycles. The summed E-state index contributed by atoms with van der Waals surface area (Å²) in [6, 6.07) is 0. The number of carboxylic acid groups (broad SMARTS) is 1. The van der Waals surface area contributed by atoms with Crippen LogP contribution in [0.4, 0.5) is 0 Å². The molecule has 2 N–H and O–H groups in total. The lowest BCUT2D eigenvalue weighted by molar-refractivity contribution is -0.138. The van der Waals surface area contributed by atoms with E-state index in [-0.39, 0.29) is 24.9 Å². The van der Waals surface area contributed by atoms with Crippen molar-refractivity contribution < 1.29 is 14.7 Å². The lowest BCUT2D eigenvalue weighted by Crippen LogP contribution is -2.43. The van der Waals surface area contributed by atoms with Crippen LogP contribution in [0.25, 0.3) is 0 Å². The first kappa shape index (κ1) is 18.2. The van der Waals surface area contributed by atoms with E-state index in [0.29, 0.717) is 18.4 Å². The number of piperidine rings is 1. The van der Waals surface area contributed by atoms with Crippen LogP contribution in [0.15, 0.2) is 0 Å². The van der Waals surface area contributed by atoms with Gasteiger partial charge in [0.2, 0.25) is 5.91 Å². The van der Waals surface area contributed by atoms with Gasteiger partial charge in [0.05, 0.1) is 6.54 Å². The number of amides is 1. The Kier molecular flexibility index (Phi) is 8.76. The minimum absolute atomic E-state index is 0. The molecule has 1 heterocycles. The minimum Gasteiger partial charge on any atom is -0.480 e. The molecular formula is C13H25ClN2O3. The van der Waals surface area contributed by atoms with Gasteiger partial charge in [0.15, 0.2) is 0 Å². The minimum atomic E-state index is -1.00. The number of halogens is 1. The molecule has 0 aliphatic carbocycles. The van der Waals surface area contributed by atoms with Crippen LogP contribution in [0.5, 0.6) is 0 Å². The number of hydrogen-bond donors (Lipinski definition) is 2. The molecule has 1 atom stereocenters. The largest absolute Gasteiger partial charge is 0.480 e. The third-order valence-electron chi connectivity index (χ3n) is 3.21. The number of carboxylic acids is 1. The zero-order valence-electron chi connectivity index (χ0n) is 11.7. The molecule has 0 bridgehead atoms. The summed E-state index contributed by atoms with van der Waals surface area (Å²) in [6.07, 6.45) is 3.57. The number of hydrogen-bond acceptors (Lipinski definition) is 3. The Balaban J connectivity index is 0.00000324. The summed E-state index contributed by atoms with van der Waals surface area (Å²) >= 11 is 0. The maximum absolute atomic E-state index is 11.5. The van der Waals surface area contributed by atoms with Crippen molar-refractivity contribution in [2.45, 2.75) is 33.1 Å². The van der Waals surface area contributed by atoms with Gasteiger partial charge in [-0.3, -0.25) is 14.5 Å². The Labute approximate surface area is 121 Å². The fourth-order valence-corrected chi connectivity index (χ4v) is 2.59. The second kappa shape index (κ2) is 9.15. The van der Waals surface area contributed by atoms with Crippen molar-refractivity contribution in [2.75, 3.05) is 26.2 Å². The number of nitrogens with one attached hydrogen (secondary N) is 1. The fraction of sp³-hybridized carbons (Fsp3) is 0.846. The molecule has 1 unspecified atom stereocenters. The van der Waals surface area contributed by atoms with Crippen LogP contribution in [0.2, 0.25) is 0 Å². The summed E-state index contributed by atoms with van der Waals surface area (Å²) in [5.41, 5.74) is 0. The zero-order chi connectivity index (χ0) is 13.5. The molecule has 1 amide bonds. The number of likely N-dealkylation sites (tertiary alicyclic amines) is 1. The van der Waals surface area contributed by atoms with Crippen molar-refractivity contribution in [1.29, 1.82) is 0 Å². The van der Waals surface area contributed by atoms with Crippen molar-refractivity contribution in [3.63, 3.8) is 0 Å². The molecule has 0 saturated carbocycles. The summed E-state index contributed by atoms with van der Waals surface area (Å²) in [4.78, 5) is 24.0. The maximum atomic E-state index is 11.5. The molecule has 0 aromatic carbocycles. The zero-order valence-corrected chi connectivity index (χ0v) is 12.5. The van der Waals surface area contributed by atoms with Crippen molar-refractivity contribution in [3.05, 3.63) is 0 Å². The smallest absolute Gasteiger partial charge is 0.322 e. The number of aliphatic carboxylic acids is 1. The van der Waals surface area contributed by atoms with Crippen LogP contribution in [-0.2, 0) is 9.59 Å². The van der Waals surface area contributed by atoms with Gasteiger partial charge in [-0.15, -0.1) is 12.4 Å². The first-order valence-corrected chi connectivity index (χ1v) is 6.68. The molecule has 0 aromatic rings. The Morgan fingerprint density at radius 2 is 2.11 bits per heavy atom. The molecule has 19 heavy (non-hydrogen) atoms. The Hall–Kier alpha value is -0.810. The van der Waals surface area contributed by atoms with E-state index in [1.54, 1.807) is 0 Å². The molecule has 1 fully saturated rings. The van der Waals surface area contributed by atoms with Crippen LogP contribution in [0, 0.1) is 11.8 Å². The van der Waals surface area contributed by atoms with E-state index in [0.717, 1.165) is 19.5 Å². The van der Waals surface area contributed by atoms with E-state index in [1.165, 1.54) is 12.8 Å². The van der Waals surface area contributed by atoms with Gasteiger partial charge in [0.25, 0.3) is 0 Å². The number of carbonyl (C=O) groups excluding carboxylic acids is 1. The number of rotatable bonds is 6. The van der Waals surface area contributed by atoms with Gasteiger partial charge in [0, 0.05) is 6.54 Å². The fourth-order valence-electron chi connectivity index (χ4n) is 2.59. The predicted octanol–water partition coefficient (Wildman–Crippen LogP) is 1.37. The molecule has 112 valence electrons. The summed E-state index contributed by atoms with van der Waals surface area (Å²) in [5, 5.41) is 10.9. The topological polar surface area (TPSA) is 69.6 Å². The van der Waals surface area contributed by atoms with E-state index >= 15 is 0 Å². The summed E-state index contributed by atoms with van der Waals surface area (Å²) in [5.74, 6) is 0.170. The SMILES string of the molecule is CC(C)CC1CCCN(CC(=O)NCC(=O)O)C1.Cl. The predicted molar refractivity (Wildman–Crippen MR) is 76.5 cm³/mol. The highest BCUT2D eigenvalue weighted by Crippen LogP contribution is 2.22. The molecule has 1 aliphatic rings. The van der Waals surface area contributed by atoms with Gasteiger partial charge in [-0.25, -0.2) is 0 Å². The molecule has 5 nitrogen and oxygen atoms in total. The summed E-state index contributed by atoms with van der Waals surface area (Å²) in [7, 11) is 0. The Bertz CT molecular complexity index is 298. The lowest BCUT2D eigenvalue weighted by Gasteiger charge is -2.33. The maximum Gasteiger partial charge on any atom is 0.322 e. The first-order chi connectivity index (χ1) is 8.47. The highest BCUT2D eigenvalue weighted by molar-refractivity contribution is 5.85. The van der Waals surface area contributed by atoms with E-state index in [9.17, 15) is 9.59 Å². The quantitative estimate of drug-likeness (QED) is 0.776. The van der Waals surface area contributed by atoms with E-state index in [1.807, 2.05) is 0 Å². The van der Waals surface area contributed by atoms with Gasteiger partial charge >= 0.3 is 5.97 Å². The second-order valence-corrected chi connectivity index (χ2v) is 5.54. The van der Waals surface area contributed by atoms with Gasteiger partial charge in [-0.05, 0) is 37.6 Å². The van der Waals surface area contributed by atoms with Crippen LogP contribution in [-0.4, -0.2) is 48.1 Å². The molecule has 1 aliphatic heterocycles. The number of nitrogens with zero attached hydrogens (tertiary/aromatic N) is 1. The van der Waals surface area contributed by atoms with Crippen molar-refractivity contribution >= 4 is 24.3 Å². The monoisotopic (exact) mass is 292 g/mol. The van der Waals surface area contributed by atoms with Crippen LogP contribution in [0.1, 0.15) is 33.1 Å². The first-order valence-electron chi connectivity index (χ1n) is 6.68. The molecule has 6 heteroatoms. The second-order valence-electron chi connectivity index (χ2n) is 5.54. The normalized spacial score (nSPS) is 19.8. The Morgan fingerprint density at radius 3 is 2.68 bits per heavy atom. The van der Waals surface area contributed by atoms with Gasteiger partial charge in [-0.2, -0.15) is 0 Å². The summed E-state index contributed by atoms with van der Waals surface area (Å²) < 4.78 is 0. The van der Waals surface area contributed by atoms with Gasteiger partial charge in [-0.1, -0.05) is 13.8 Å². The van der Waals surface area contributed by atoms with E-state index < -0.39 is 5.97 Å².